The SMILES string of the molecule is C[C@@H](/C=[N+](/C)[O-])N(Cc1ccccc1)[C@H]1C=CCCC1. The van der Waals surface area contributed by atoms with Gasteiger partial charge in [-0.25, -0.2) is 4.74 Å². The third-order valence-electron chi connectivity index (χ3n) is 3.81. The molecule has 1 aromatic rings. The van der Waals surface area contributed by atoms with Crippen molar-refractivity contribution in [1.29, 1.82) is 0 Å². The standard InChI is InChI=1S/C17H24N2O/c1-15(13-18(2)20)19(17-11-7-4-8-12-17)14-16-9-5-3-6-10-16/h3,5-7,9-11,13,15,17H,4,8,12,14H2,1-2H3/b18-13-/t15-,17-/m0/s1. The Hall–Kier alpha value is -1.61. The molecule has 0 radical (unpaired) electrons. The molecule has 1 aromatic carbocycles. The van der Waals surface area contributed by atoms with Crippen LogP contribution in [0.2, 0.25) is 0 Å². The number of hydrogen-bond donors (Lipinski definition) is 0. The van der Waals surface area contributed by atoms with Crippen molar-refractivity contribution in [2.75, 3.05) is 7.05 Å². The van der Waals surface area contributed by atoms with Crippen molar-refractivity contribution in [1.82, 2.24) is 4.90 Å². The van der Waals surface area contributed by atoms with Crippen molar-refractivity contribution in [3.63, 3.8) is 0 Å². The highest BCUT2D eigenvalue weighted by atomic mass is 16.5. The molecule has 0 N–H and O–H groups in total. The van der Waals surface area contributed by atoms with Crippen LogP contribution in [0.5, 0.6) is 0 Å². The molecule has 20 heavy (non-hydrogen) atoms. The number of nitrogens with zero attached hydrogens (tertiary/aromatic N) is 2. The molecule has 3 heteroatoms. The minimum absolute atomic E-state index is 0.130. The van der Waals surface area contributed by atoms with E-state index in [0.29, 0.717) is 6.04 Å². The predicted molar refractivity (Wildman–Crippen MR) is 83.8 cm³/mol. The van der Waals surface area contributed by atoms with Crippen molar-refractivity contribution in [3.05, 3.63) is 53.3 Å². The lowest BCUT2D eigenvalue weighted by molar-refractivity contribution is -0.419. The van der Waals surface area contributed by atoms with Crippen LogP contribution >= 0.6 is 0 Å². The van der Waals surface area contributed by atoms with Crippen LogP contribution in [-0.2, 0) is 6.54 Å². The summed E-state index contributed by atoms with van der Waals surface area (Å²) in [4.78, 5) is 2.40. The molecule has 108 valence electrons. The van der Waals surface area contributed by atoms with Crippen molar-refractivity contribution in [2.24, 2.45) is 0 Å². The Morgan fingerprint density at radius 3 is 2.75 bits per heavy atom. The summed E-state index contributed by atoms with van der Waals surface area (Å²) in [6.45, 7) is 2.97. The van der Waals surface area contributed by atoms with E-state index in [4.69, 9.17) is 0 Å². The van der Waals surface area contributed by atoms with Gasteiger partial charge in [0, 0.05) is 12.6 Å². The van der Waals surface area contributed by atoms with Gasteiger partial charge in [-0.05, 0) is 31.7 Å². The molecule has 2 atom stereocenters. The Morgan fingerprint density at radius 2 is 2.15 bits per heavy atom. The highest BCUT2D eigenvalue weighted by Crippen LogP contribution is 2.20. The van der Waals surface area contributed by atoms with Crippen LogP contribution < -0.4 is 0 Å². The van der Waals surface area contributed by atoms with Gasteiger partial charge in [-0.3, -0.25) is 4.90 Å². The van der Waals surface area contributed by atoms with E-state index in [1.807, 2.05) is 6.07 Å². The van der Waals surface area contributed by atoms with Crippen LogP contribution in [0, 0.1) is 5.21 Å². The zero-order valence-electron chi connectivity index (χ0n) is 12.4. The monoisotopic (exact) mass is 272 g/mol. The second-order valence-electron chi connectivity index (χ2n) is 5.52. The second kappa shape index (κ2) is 7.25. The summed E-state index contributed by atoms with van der Waals surface area (Å²) in [5.74, 6) is 0. The molecule has 0 spiro atoms. The molecule has 0 heterocycles. The maximum atomic E-state index is 11.3. The van der Waals surface area contributed by atoms with Gasteiger partial charge in [-0.15, -0.1) is 0 Å². The second-order valence-corrected chi connectivity index (χ2v) is 5.52. The number of rotatable bonds is 5. The third-order valence-corrected chi connectivity index (χ3v) is 3.81. The first kappa shape index (κ1) is 14.8. The van der Waals surface area contributed by atoms with Crippen LogP contribution in [0.15, 0.2) is 42.5 Å². The van der Waals surface area contributed by atoms with Crippen molar-refractivity contribution >= 4 is 6.21 Å². The third kappa shape index (κ3) is 4.20. The topological polar surface area (TPSA) is 29.3 Å². The minimum Gasteiger partial charge on any atom is -0.624 e. The summed E-state index contributed by atoms with van der Waals surface area (Å²) in [6, 6.07) is 11.0. The Labute approximate surface area is 121 Å². The van der Waals surface area contributed by atoms with Gasteiger partial charge in [0.25, 0.3) is 0 Å². The van der Waals surface area contributed by atoms with Gasteiger partial charge in [0.1, 0.15) is 7.05 Å². The molecule has 0 bridgehead atoms. The smallest absolute Gasteiger partial charge is 0.167 e. The van der Waals surface area contributed by atoms with Gasteiger partial charge in [0.15, 0.2) is 6.21 Å². The van der Waals surface area contributed by atoms with Crippen molar-refractivity contribution < 1.29 is 4.74 Å². The van der Waals surface area contributed by atoms with E-state index in [1.165, 1.54) is 24.8 Å². The summed E-state index contributed by atoms with van der Waals surface area (Å²) in [5, 5.41) is 11.3. The molecule has 2 rings (SSSR count). The number of allylic oxidation sites excluding steroid dienone is 1. The lowest BCUT2D eigenvalue weighted by Crippen LogP contribution is -2.42. The predicted octanol–water partition coefficient (Wildman–Crippen LogP) is 3.20. The Bertz CT molecular complexity index is 463. The normalized spacial score (nSPS) is 21.1. The molecule has 0 aliphatic heterocycles. The summed E-state index contributed by atoms with van der Waals surface area (Å²) in [6.07, 6.45) is 9.87. The fraction of sp³-hybridized carbons (Fsp3) is 0.471. The van der Waals surface area contributed by atoms with Gasteiger partial charge in [0.05, 0.1) is 6.04 Å². The summed E-state index contributed by atoms with van der Waals surface area (Å²) in [7, 11) is 1.55. The van der Waals surface area contributed by atoms with E-state index >= 15 is 0 Å². The number of hydrogen-bond acceptors (Lipinski definition) is 2. The molecule has 0 saturated heterocycles. The zero-order chi connectivity index (χ0) is 14.4. The first-order valence-corrected chi connectivity index (χ1v) is 7.38. The highest BCUT2D eigenvalue weighted by Gasteiger charge is 2.23. The van der Waals surface area contributed by atoms with E-state index in [9.17, 15) is 5.21 Å². The lowest BCUT2D eigenvalue weighted by Gasteiger charge is -2.34. The van der Waals surface area contributed by atoms with Crippen LogP contribution in [0.4, 0.5) is 0 Å². The summed E-state index contributed by atoms with van der Waals surface area (Å²) < 4.78 is 0.912. The van der Waals surface area contributed by atoms with Crippen molar-refractivity contribution in [2.45, 2.75) is 44.8 Å². The Balaban J connectivity index is 2.17. The van der Waals surface area contributed by atoms with Crippen LogP contribution in [0.3, 0.4) is 0 Å². The fourth-order valence-corrected chi connectivity index (χ4v) is 2.82. The number of benzene rings is 1. The molecule has 0 aromatic heterocycles. The maximum absolute atomic E-state index is 11.3. The Kier molecular flexibility index (Phi) is 5.36. The van der Waals surface area contributed by atoms with Crippen molar-refractivity contribution in [3.8, 4) is 0 Å². The minimum atomic E-state index is 0.130. The van der Waals surface area contributed by atoms with Crippen LogP contribution in [0.25, 0.3) is 0 Å². The average molecular weight is 272 g/mol. The lowest BCUT2D eigenvalue weighted by atomic mass is 9.99. The molecule has 0 unspecified atom stereocenters. The molecule has 0 saturated carbocycles. The molecule has 0 fully saturated rings. The Morgan fingerprint density at radius 1 is 1.40 bits per heavy atom. The van der Waals surface area contributed by atoms with Gasteiger partial charge in [0.2, 0.25) is 0 Å². The zero-order valence-corrected chi connectivity index (χ0v) is 12.4. The first-order valence-electron chi connectivity index (χ1n) is 7.38. The molecule has 1 aliphatic rings. The van der Waals surface area contributed by atoms with Crippen LogP contribution in [-0.4, -0.2) is 35.0 Å². The highest BCUT2D eigenvalue weighted by molar-refractivity contribution is 5.58. The van der Waals surface area contributed by atoms with E-state index in [-0.39, 0.29) is 6.04 Å². The molecular formula is C17H24N2O. The maximum Gasteiger partial charge on any atom is 0.167 e. The molecule has 3 nitrogen and oxygen atoms in total. The van der Waals surface area contributed by atoms with Gasteiger partial charge in [-0.1, -0.05) is 42.5 Å². The van der Waals surface area contributed by atoms with E-state index < -0.39 is 0 Å². The van der Waals surface area contributed by atoms with E-state index in [0.717, 1.165) is 11.3 Å². The largest absolute Gasteiger partial charge is 0.624 e. The molecule has 1 aliphatic carbocycles. The fourth-order valence-electron chi connectivity index (χ4n) is 2.82. The number of hydroxylamine groups is 1. The van der Waals surface area contributed by atoms with E-state index in [2.05, 4.69) is 48.2 Å². The van der Waals surface area contributed by atoms with E-state index in [1.54, 1.807) is 13.3 Å². The van der Waals surface area contributed by atoms with Crippen LogP contribution in [0.1, 0.15) is 31.7 Å². The molecule has 0 amide bonds. The summed E-state index contributed by atoms with van der Waals surface area (Å²) >= 11 is 0. The molecular weight excluding hydrogens is 248 g/mol. The summed E-state index contributed by atoms with van der Waals surface area (Å²) in [5.41, 5.74) is 1.29. The van der Waals surface area contributed by atoms with Gasteiger partial charge in [-0.2, -0.15) is 0 Å². The average Bonchev–Trinajstić information content (AvgIpc) is 2.46. The van der Waals surface area contributed by atoms with Gasteiger partial charge < -0.3 is 5.21 Å². The quantitative estimate of drug-likeness (QED) is 0.271. The first-order chi connectivity index (χ1) is 9.66. The van der Waals surface area contributed by atoms with Gasteiger partial charge >= 0.3 is 0 Å².